The molecule has 1 fully saturated rings. The third-order valence-corrected chi connectivity index (χ3v) is 4.86. The highest BCUT2D eigenvalue weighted by Crippen LogP contribution is 2.17. The van der Waals surface area contributed by atoms with Crippen LogP contribution in [0.25, 0.3) is 0 Å². The number of likely N-dealkylation sites (tertiary alicyclic amines) is 1. The zero-order valence-corrected chi connectivity index (χ0v) is 10.2. The minimum absolute atomic E-state index is 0.0951. The number of sulfonamides is 1. The van der Waals surface area contributed by atoms with Gasteiger partial charge in [-0.3, -0.25) is 0 Å². The lowest BCUT2D eigenvalue weighted by Gasteiger charge is -2.34. The van der Waals surface area contributed by atoms with Crippen molar-refractivity contribution in [3.63, 3.8) is 0 Å². The Morgan fingerprint density at radius 1 is 1.40 bits per heavy atom. The molecule has 0 aliphatic carbocycles. The molecule has 0 bridgehead atoms. The van der Waals surface area contributed by atoms with Crippen LogP contribution in [-0.2, 0) is 10.0 Å². The van der Waals surface area contributed by atoms with E-state index in [0.29, 0.717) is 0 Å². The highest BCUT2D eigenvalue weighted by atomic mass is 32.2. The second-order valence-corrected chi connectivity index (χ2v) is 6.24. The van der Waals surface area contributed by atoms with Gasteiger partial charge in [0, 0.05) is 13.1 Å². The van der Waals surface area contributed by atoms with E-state index in [4.69, 9.17) is 5.11 Å². The summed E-state index contributed by atoms with van der Waals surface area (Å²) in [6, 6.07) is 0.0951. The van der Waals surface area contributed by atoms with Crippen LogP contribution < -0.4 is 0 Å². The van der Waals surface area contributed by atoms with Crippen LogP contribution in [0.4, 0.5) is 0 Å². The minimum atomic E-state index is -3.26. The van der Waals surface area contributed by atoms with Gasteiger partial charge in [-0.1, -0.05) is 0 Å². The van der Waals surface area contributed by atoms with Gasteiger partial charge in [-0.15, -0.1) is 0 Å². The Hall–Kier alpha value is -0.170. The lowest BCUT2D eigenvalue weighted by atomic mass is 10.1. The van der Waals surface area contributed by atoms with E-state index in [0.717, 1.165) is 25.9 Å². The molecule has 15 heavy (non-hydrogen) atoms. The van der Waals surface area contributed by atoms with E-state index in [9.17, 15) is 8.42 Å². The van der Waals surface area contributed by atoms with Crippen LogP contribution in [0.2, 0.25) is 0 Å². The first kappa shape index (κ1) is 12.9. The van der Waals surface area contributed by atoms with E-state index in [1.165, 1.54) is 4.31 Å². The van der Waals surface area contributed by atoms with Gasteiger partial charge in [0.15, 0.2) is 0 Å². The van der Waals surface area contributed by atoms with Crippen molar-refractivity contribution in [1.82, 2.24) is 9.21 Å². The monoisotopic (exact) mass is 236 g/mol. The zero-order valence-electron chi connectivity index (χ0n) is 9.39. The third kappa shape index (κ3) is 3.41. The standard InChI is InChI=1S/C9H20N2O3S/c1-10-5-3-9(4-6-10)11(2)15(13,14)8-7-12/h9,12H,3-8H2,1-2H3. The molecule has 1 saturated heterocycles. The maximum atomic E-state index is 11.7. The number of aliphatic hydroxyl groups is 1. The molecule has 0 unspecified atom stereocenters. The molecule has 1 N–H and O–H groups in total. The Morgan fingerprint density at radius 3 is 2.40 bits per heavy atom. The number of nitrogens with zero attached hydrogens (tertiary/aromatic N) is 2. The molecule has 1 rings (SSSR count). The smallest absolute Gasteiger partial charge is 0.216 e. The van der Waals surface area contributed by atoms with Gasteiger partial charge in [0.05, 0.1) is 12.4 Å². The van der Waals surface area contributed by atoms with Crippen LogP contribution in [0.5, 0.6) is 0 Å². The molecular formula is C9H20N2O3S. The minimum Gasteiger partial charge on any atom is -0.395 e. The summed E-state index contributed by atoms with van der Waals surface area (Å²) in [5.41, 5.74) is 0. The normalized spacial score (nSPS) is 21.1. The summed E-state index contributed by atoms with van der Waals surface area (Å²) in [4.78, 5) is 2.20. The van der Waals surface area contributed by atoms with E-state index in [-0.39, 0.29) is 18.4 Å². The summed E-state index contributed by atoms with van der Waals surface area (Å²) < 4.78 is 24.8. The van der Waals surface area contributed by atoms with Crippen molar-refractivity contribution in [3.8, 4) is 0 Å². The number of rotatable bonds is 4. The molecule has 1 heterocycles. The molecule has 0 aromatic heterocycles. The van der Waals surface area contributed by atoms with E-state index in [1.807, 2.05) is 7.05 Å². The Balaban J connectivity index is 2.57. The molecule has 0 atom stereocenters. The highest BCUT2D eigenvalue weighted by Gasteiger charge is 2.28. The molecular weight excluding hydrogens is 216 g/mol. The Kier molecular flexibility index (Phi) is 4.51. The second-order valence-electron chi connectivity index (χ2n) is 4.09. The fourth-order valence-corrected chi connectivity index (χ4v) is 3.03. The molecule has 1 aliphatic rings. The van der Waals surface area contributed by atoms with Crippen LogP contribution in [0.3, 0.4) is 0 Å². The van der Waals surface area contributed by atoms with Crippen molar-refractivity contribution in [1.29, 1.82) is 0 Å². The van der Waals surface area contributed by atoms with Crippen molar-refractivity contribution >= 4 is 10.0 Å². The average Bonchev–Trinajstić information content (AvgIpc) is 2.18. The SMILES string of the molecule is CN1CCC(N(C)S(=O)(=O)CCO)CC1. The van der Waals surface area contributed by atoms with Gasteiger partial charge in [-0.2, -0.15) is 0 Å². The van der Waals surface area contributed by atoms with Gasteiger partial charge in [0.1, 0.15) is 0 Å². The van der Waals surface area contributed by atoms with Gasteiger partial charge in [-0.25, -0.2) is 12.7 Å². The number of aliphatic hydroxyl groups excluding tert-OH is 1. The summed E-state index contributed by atoms with van der Waals surface area (Å²) in [6.45, 7) is 1.56. The molecule has 0 aromatic carbocycles. The van der Waals surface area contributed by atoms with Crippen LogP contribution in [0, 0.1) is 0 Å². The predicted octanol–water partition coefficient (Wildman–Crippen LogP) is -0.665. The van der Waals surface area contributed by atoms with Crippen LogP contribution in [-0.4, -0.2) is 68.3 Å². The van der Waals surface area contributed by atoms with E-state index in [1.54, 1.807) is 7.05 Å². The molecule has 0 aromatic rings. The predicted molar refractivity (Wildman–Crippen MR) is 59.2 cm³/mol. The summed E-state index contributed by atoms with van der Waals surface area (Å²) >= 11 is 0. The van der Waals surface area contributed by atoms with Gasteiger partial charge in [-0.05, 0) is 33.0 Å². The molecule has 1 aliphatic heterocycles. The lowest BCUT2D eigenvalue weighted by molar-refractivity contribution is 0.197. The van der Waals surface area contributed by atoms with Crippen LogP contribution in [0.1, 0.15) is 12.8 Å². The van der Waals surface area contributed by atoms with Gasteiger partial charge >= 0.3 is 0 Å². The Bertz CT molecular complexity index is 284. The maximum absolute atomic E-state index is 11.7. The maximum Gasteiger partial charge on any atom is 0.216 e. The van der Waals surface area contributed by atoms with Crippen molar-refractivity contribution in [3.05, 3.63) is 0 Å². The van der Waals surface area contributed by atoms with Crippen LogP contribution >= 0.6 is 0 Å². The van der Waals surface area contributed by atoms with Crippen LogP contribution in [0.15, 0.2) is 0 Å². The zero-order chi connectivity index (χ0) is 11.5. The van der Waals surface area contributed by atoms with Gasteiger partial charge < -0.3 is 10.0 Å². The molecule has 6 heteroatoms. The van der Waals surface area contributed by atoms with Crippen molar-refractivity contribution in [2.45, 2.75) is 18.9 Å². The topological polar surface area (TPSA) is 60.9 Å². The first-order valence-corrected chi connectivity index (χ1v) is 6.83. The Morgan fingerprint density at radius 2 is 1.93 bits per heavy atom. The quantitative estimate of drug-likeness (QED) is 0.703. The third-order valence-electron chi connectivity index (χ3n) is 2.99. The highest BCUT2D eigenvalue weighted by molar-refractivity contribution is 7.89. The average molecular weight is 236 g/mol. The molecule has 90 valence electrons. The van der Waals surface area contributed by atoms with Crippen molar-refractivity contribution < 1.29 is 13.5 Å². The number of hydrogen-bond donors (Lipinski definition) is 1. The lowest BCUT2D eigenvalue weighted by Crippen LogP contribution is -2.45. The fourth-order valence-electron chi connectivity index (χ4n) is 1.85. The van der Waals surface area contributed by atoms with Gasteiger partial charge in [0.25, 0.3) is 0 Å². The largest absolute Gasteiger partial charge is 0.395 e. The summed E-state index contributed by atoms with van der Waals surface area (Å²) in [5.74, 6) is -0.171. The molecule has 0 saturated carbocycles. The van der Waals surface area contributed by atoms with E-state index >= 15 is 0 Å². The number of hydrogen-bond acceptors (Lipinski definition) is 4. The molecule has 0 radical (unpaired) electrons. The van der Waals surface area contributed by atoms with E-state index in [2.05, 4.69) is 4.90 Å². The van der Waals surface area contributed by atoms with Crippen molar-refractivity contribution in [2.24, 2.45) is 0 Å². The summed E-state index contributed by atoms with van der Waals surface area (Å²) in [7, 11) is 0.390. The van der Waals surface area contributed by atoms with Gasteiger partial charge in [0.2, 0.25) is 10.0 Å². The summed E-state index contributed by atoms with van der Waals surface area (Å²) in [6.07, 6.45) is 1.75. The van der Waals surface area contributed by atoms with E-state index < -0.39 is 10.0 Å². The first-order chi connectivity index (χ1) is 6.97. The molecule has 5 nitrogen and oxygen atoms in total. The van der Waals surface area contributed by atoms with Crippen molar-refractivity contribution in [2.75, 3.05) is 39.5 Å². The first-order valence-electron chi connectivity index (χ1n) is 5.22. The molecule has 0 spiro atoms. The fraction of sp³-hybridized carbons (Fsp3) is 1.00. The molecule has 0 amide bonds. The number of piperidine rings is 1. The second kappa shape index (κ2) is 5.25. The Labute approximate surface area is 91.7 Å². The summed E-state index contributed by atoms with van der Waals surface area (Å²) in [5, 5.41) is 8.68.